The van der Waals surface area contributed by atoms with Crippen LogP contribution in [0.4, 0.5) is 8.39 Å². The molecule has 5 heavy (non-hydrogen) atoms. The van der Waals surface area contributed by atoms with E-state index in [0.29, 0.717) is 0 Å². The summed E-state index contributed by atoms with van der Waals surface area (Å²) < 4.78 is 19.3. The number of hydrogen-bond donors (Lipinski definition) is 0. The Bertz CT molecular complexity index is 7.61. The molecule has 0 aromatic rings. The molecular formula is HF2Li2P. The first kappa shape index (κ1) is 16.1. The molecule has 0 nitrogen and oxygen atoms in total. The number of hydrogen-bond acceptors (Lipinski definition) is 0. The second kappa shape index (κ2) is 17.9. The molecule has 0 saturated heterocycles. The summed E-state index contributed by atoms with van der Waals surface area (Å²) in [5.74, 6) is 0. The fourth-order valence-electron chi connectivity index (χ4n) is 0. The molecule has 0 saturated carbocycles. The minimum Gasteiger partial charge on any atom is -0.192 e. The van der Waals surface area contributed by atoms with E-state index in [-0.39, 0.29) is 37.7 Å². The van der Waals surface area contributed by atoms with Crippen LogP contribution in [-0.2, 0) is 0 Å². The predicted molar refractivity (Wildman–Crippen MR) is 22.0 cm³/mol. The molecule has 0 aliphatic rings. The van der Waals surface area contributed by atoms with E-state index in [9.17, 15) is 8.39 Å². The summed E-state index contributed by atoms with van der Waals surface area (Å²) in [6.07, 6.45) is 0. The SMILES string of the molecule is FPF.[Li].[Li]. The third-order valence-electron chi connectivity index (χ3n) is 0. The second-order valence-electron chi connectivity index (χ2n) is 0.0714. The van der Waals surface area contributed by atoms with Crippen LogP contribution >= 0.6 is 9.20 Å². The average Bonchev–Trinajstić information content (AvgIpc) is 0.918. The Kier molecular flexibility index (Phi) is 57.4. The Morgan fingerprint density at radius 3 is 1.00 bits per heavy atom. The summed E-state index contributed by atoms with van der Waals surface area (Å²) in [6.45, 7) is 0. The zero-order valence-electron chi connectivity index (χ0n) is 3.26. The summed E-state index contributed by atoms with van der Waals surface area (Å²) in [7, 11) is -1.92. The van der Waals surface area contributed by atoms with Crippen molar-refractivity contribution in [2.45, 2.75) is 0 Å². The van der Waals surface area contributed by atoms with Crippen molar-refractivity contribution in [1.29, 1.82) is 0 Å². The van der Waals surface area contributed by atoms with Gasteiger partial charge in [0.2, 0.25) is 0 Å². The minimum atomic E-state index is -1.92. The molecular weight excluding hydrogens is 82.9 g/mol. The average molecular weight is 83.9 g/mol. The minimum absolute atomic E-state index is 0. The van der Waals surface area contributed by atoms with Gasteiger partial charge in [0, 0.05) is 37.7 Å². The van der Waals surface area contributed by atoms with Gasteiger partial charge in [0.05, 0.1) is 0 Å². The molecule has 0 unspecified atom stereocenters. The first-order valence-corrected chi connectivity index (χ1v) is 1.13. The molecule has 5 heteroatoms. The third kappa shape index (κ3) is 30.2. The maximum absolute atomic E-state index is 9.65. The monoisotopic (exact) mass is 84.0 g/mol. The number of halogens is 2. The van der Waals surface area contributed by atoms with Crippen LogP contribution < -0.4 is 0 Å². The van der Waals surface area contributed by atoms with E-state index in [1.165, 1.54) is 0 Å². The van der Waals surface area contributed by atoms with Gasteiger partial charge in [-0.25, -0.2) is 0 Å². The van der Waals surface area contributed by atoms with E-state index in [4.69, 9.17) is 0 Å². The first-order valence-electron chi connectivity index (χ1n) is 0.378. The van der Waals surface area contributed by atoms with E-state index in [1.54, 1.807) is 0 Å². The van der Waals surface area contributed by atoms with Crippen molar-refractivity contribution >= 4 is 46.9 Å². The van der Waals surface area contributed by atoms with Crippen molar-refractivity contribution in [3.63, 3.8) is 0 Å². The van der Waals surface area contributed by atoms with Gasteiger partial charge in [-0.1, -0.05) is 0 Å². The van der Waals surface area contributed by atoms with Gasteiger partial charge in [0.1, 0.15) is 0 Å². The summed E-state index contributed by atoms with van der Waals surface area (Å²) in [5, 5.41) is 0. The van der Waals surface area contributed by atoms with Gasteiger partial charge in [0.25, 0.3) is 9.20 Å². The van der Waals surface area contributed by atoms with Crippen LogP contribution in [0.25, 0.3) is 0 Å². The molecule has 0 aliphatic carbocycles. The Balaban J connectivity index is -0.0000000200. The Hall–Kier alpha value is 1.48. The van der Waals surface area contributed by atoms with Crippen LogP contribution in [0.5, 0.6) is 0 Å². The summed E-state index contributed by atoms with van der Waals surface area (Å²) >= 11 is 0. The van der Waals surface area contributed by atoms with E-state index in [0.717, 1.165) is 0 Å². The fourth-order valence-corrected chi connectivity index (χ4v) is 0. The van der Waals surface area contributed by atoms with Crippen molar-refractivity contribution in [2.75, 3.05) is 0 Å². The van der Waals surface area contributed by atoms with E-state index in [2.05, 4.69) is 0 Å². The Morgan fingerprint density at radius 1 is 1.00 bits per heavy atom. The maximum atomic E-state index is 9.65. The quantitative estimate of drug-likeness (QED) is 0.299. The second-order valence-corrected chi connectivity index (χ2v) is 0.214. The molecule has 0 heterocycles. The maximum Gasteiger partial charge on any atom is 0.253 e. The van der Waals surface area contributed by atoms with Crippen LogP contribution in [0.1, 0.15) is 0 Å². The van der Waals surface area contributed by atoms with Crippen LogP contribution in [-0.4, -0.2) is 37.7 Å². The smallest absolute Gasteiger partial charge is 0.192 e. The molecule has 0 N–H and O–H groups in total. The first-order chi connectivity index (χ1) is 1.41. The zero-order chi connectivity index (χ0) is 2.71. The van der Waals surface area contributed by atoms with Gasteiger partial charge in [-0.2, -0.15) is 8.39 Å². The summed E-state index contributed by atoms with van der Waals surface area (Å²) in [6, 6.07) is 0. The molecule has 0 fully saturated rings. The van der Waals surface area contributed by atoms with Gasteiger partial charge in [-0.15, -0.1) is 0 Å². The normalized spacial score (nSPS) is 3.60. The molecule has 0 atom stereocenters. The standard InChI is InChI=1S/F2HP.2Li/c1-3-2;;/h3H;;. The topological polar surface area (TPSA) is 0 Å². The van der Waals surface area contributed by atoms with Crippen molar-refractivity contribution in [1.82, 2.24) is 0 Å². The van der Waals surface area contributed by atoms with E-state index in [1.807, 2.05) is 0 Å². The van der Waals surface area contributed by atoms with Crippen molar-refractivity contribution < 1.29 is 8.39 Å². The molecule has 0 aromatic heterocycles. The summed E-state index contributed by atoms with van der Waals surface area (Å²) in [4.78, 5) is 0. The number of rotatable bonds is 0. The summed E-state index contributed by atoms with van der Waals surface area (Å²) in [5.41, 5.74) is 0. The van der Waals surface area contributed by atoms with Crippen LogP contribution in [0.3, 0.4) is 0 Å². The Labute approximate surface area is 55.5 Å². The van der Waals surface area contributed by atoms with Gasteiger partial charge in [-0.05, 0) is 0 Å². The third-order valence-corrected chi connectivity index (χ3v) is 0. The van der Waals surface area contributed by atoms with Crippen LogP contribution in [0.15, 0.2) is 0 Å². The molecule has 0 spiro atoms. The Morgan fingerprint density at radius 2 is 1.00 bits per heavy atom. The van der Waals surface area contributed by atoms with E-state index < -0.39 is 9.20 Å². The molecule has 0 aromatic carbocycles. The van der Waals surface area contributed by atoms with Crippen molar-refractivity contribution in [3.05, 3.63) is 0 Å². The molecule has 2 radical (unpaired) electrons. The van der Waals surface area contributed by atoms with Crippen LogP contribution in [0, 0.1) is 0 Å². The van der Waals surface area contributed by atoms with Gasteiger partial charge < -0.3 is 0 Å². The van der Waals surface area contributed by atoms with E-state index >= 15 is 0 Å². The fraction of sp³-hybridized carbons (Fsp3) is 0. The van der Waals surface area contributed by atoms with Crippen LogP contribution in [0.2, 0.25) is 0 Å². The largest absolute Gasteiger partial charge is 0.253 e. The van der Waals surface area contributed by atoms with Gasteiger partial charge in [-0.3, -0.25) is 0 Å². The van der Waals surface area contributed by atoms with Crippen molar-refractivity contribution in [3.8, 4) is 0 Å². The van der Waals surface area contributed by atoms with Crippen molar-refractivity contribution in [2.24, 2.45) is 0 Å². The van der Waals surface area contributed by atoms with Gasteiger partial charge >= 0.3 is 0 Å². The molecule has 0 amide bonds. The molecule has 22 valence electrons. The predicted octanol–water partition coefficient (Wildman–Crippen LogP) is 0.672. The zero-order valence-corrected chi connectivity index (χ0v) is 4.26. The molecule has 0 rings (SSSR count). The molecule has 0 aliphatic heterocycles. The van der Waals surface area contributed by atoms with Gasteiger partial charge in [0.15, 0.2) is 0 Å². The molecule has 0 bridgehead atoms.